The van der Waals surface area contributed by atoms with Crippen molar-refractivity contribution in [1.29, 1.82) is 0 Å². The van der Waals surface area contributed by atoms with E-state index in [1.165, 1.54) is 0 Å². The molecule has 0 atom stereocenters. The van der Waals surface area contributed by atoms with Gasteiger partial charge in [-0.05, 0) is 17.7 Å². The van der Waals surface area contributed by atoms with Crippen LogP contribution in [0.4, 0.5) is 0 Å². The maximum Gasteiger partial charge on any atom is 0.251 e. The Hall–Kier alpha value is -1.43. The molecule has 1 aromatic carbocycles. The molecule has 0 radical (unpaired) electrons. The first-order chi connectivity index (χ1) is 7.71. The summed E-state index contributed by atoms with van der Waals surface area (Å²) in [5, 5.41) is 28.9. The van der Waals surface area contributed by atoms with Gasteiger partial charge in [-0.3, -0.25) is 4.79 Å². The van der Waals surface area contributed by atoms with Crippen LogP contribution >= 0.6 is 0 Å². The zero-order valence-electron chi connectivity index (χ0n) is 8.76. The molecule has 0 unspecified atom stereocenters. The first kappa shape index (κ1) is 12.6. The molecule has 16 heavy (non-hydrogen) atoms. The smallest absolute Gasteiger partial charge is 0.251 e. The zero-order valence-corrected chi connectivity index (χ0v) is 8.76. The van der Waals surface area contributed by atoms with Crippen LogP contribution in [-0.4, -0.2) is 40.5 Å². The van der Waals surface area contributed by atoms with Crippen LogP contribution in [0.5, 0.6) is 0 Å². The second kappa shape index (κ2) is 6.22. The molecule has 0 aliphatic carbocycles. The normalized spacial score (nSPS) is 10.5. The molecule has 0 saturated heterocycles. The van der Waals surface area contributed by atoms with Crippen molar-refractivity contribution < 1.29 is 20.1 Å². The molecule has 5 heteroatoms. The summed E-state index contributed by atoms with van der Waals surface area (Å²) in [6.07, 6.45) is 0. The van der Waals surface area contributed by atoms with Crippen molar-refractivity contribution >= 4 is 5.91 Å². The lowest BCUT2D eigenvalue weighted by Crippen LogP contribution is -2.40. The topological polar surface area (TPSA) is 89.8 Å². The van der Waals surface area contributed by atoms with Gasteiger partial charge < -0.3 is 20.6 Å². The Bertz CT molecular complexity index is 332. The summed E-state index contributed by atoms with van der Waals surface area (Å²) in [6, 6.07) is 5.79. The second-order valence-electron chi connectivity index (χ2n) is 3.39. The van der Waals surface area contributed by atoms with Crippen molar-refractivity contribution in [2.45, 2.75) is 12.6 Å². The second-order valence-corrected chi connectivity index (χ2v) is 3.39. The Labute approximate surface area is 93.4 Å². The number of nitrogens with one attached hydrogen (secondary N) is 1. The van der Waals surface area contributed by atoms with E-state index in [0.29, 0.717) is 5.56 Å². The van der Waals surface area contributed by atoms with E-state index >= 15 is 0 Å². The number of rotatable bonds is 5. The number of hydrogen-bond donors (Lipinski definition) is 4. The number of carbonyl (C=O) groups is 1. The molecule has 0 spiro atoms. The third-order valence-electron chi connectivity index (χ3n) is 2.17. The van der Waals surface area contributed by atoms with Gasteiger partial charge in [0.15, 0.2) is 0 Å². The molecule has 0 aliphatic heterocycles. The first-order valence-electron chi connectivity index (χ1n) is 4.93. The van der Waals surface area contributed by atoms with Gasteiger partial charge in [-0.15, -0.1) is 0 Å². The molecule has 0 fully saturated rings. The number of benzene rings is 1. The predicted molar refractivity (Wildman–Crippen MR) is 57.8 cm³/mol. The molecule has 0 saturated carbocycles. The summed E-state index contributed by atoms with van der Waals surface area (Å²) >= 11 is 0. The monoisotopic (exact) mass is 225 g/mol. The van der Waals surface area contributed by atoms with Crippen molar-refractivity contribution in [2.24, 2.45) is 0 Å². The molecule has 5 nitrogen and oxygen atoms in total. The summed E-state index contributed by atoms with van der Waals surface area (Å²) in [5.74, 6) is -0.363. The van der Waals surface area contributed by atoms with Crippen LogP contribution in [-0.2, 0) is 6.61 Å². The number of aliphatic hydroxyl groups excluding tert-OH is 3. The van der Waals surface area contributed by atoms with Gasteiger partial charge in [0.1, 0.15) is 0 Å². The highest BCUT2D eigenvalue weighted by Gasteiger charge is 2.11. The van der Waals surface area contributed by atoms with Crippen LogP contribution in [0.25, 0.3) is 0 Å². The fraction of sp³-hybridized carbons (Fsp3) is 0.364. The summed E-state index contributed by atoms with van der Waals surface area (Å²) < 4.78 is 0. The fourth-order valence-electron chi connectivity index (χ4n) is 1.18. The zero-order chi connectivity index (χ0) is 12.0. The molecular formula is C11H15NO4. The minimum Gasteiger partial charge on any atom is -0.394 e. The van der Waals surface area contributed by atoms with Gasteiger partial charge in [0.05, 0.1) is 25.9 Å². The minimum atomic E-state index is -0.648. The Balaban J connectivity index is 2.65. The van der Waals surface area contributed by atoms with Crippen molar-refractivity contribution in [3.05, 3.63) is 35.4 Å². The predicted octanol–water partition coefficient (Wildman–Crippen LogP) is -0.738. The highest BCUT2D eigenvalue weighted by Crippen LogP contribution is 2.04. The van der Waals surface area contributed by atoms with Crippen molar-refractivity contribution in [3.8, 4) is 0 Å². The molecule has 1 amide bonds. The van der Waals surface area contributed by atoms with E-state index in [1.807, 2.05) is 0 Å². The molecule has 1 aromatic rings. The van der Waals surface area contributed by atoms with Crippen LogP contribution in [0.2, 0.25) is 0 Å². The molecule has 0 bridgehead atoms. The van der Waals surface area contributed by atoms with E-state index in [9.17, 15) is 4.79 Å². The van der Waals surface area contributed by atoms with E-state index in [2.05, 4.69) is 5.32 Å². The SMILES string of the molecule is O=C(NC(CO)CO)c1ccc(CO)cc1. The molecule has 88 valence electrons. The third kappa shape index (κ3) is 3.30. The van der Waals surface area contributed by atoms with Crippen LogP contribution < -0.4 is 5.32 Å². The van der Waals surface area contributed by atoms with Gasteiger partial charge in [-0.1, -0.05) is 12.1 Å². The number of aliphatic hydroxyl groups is 3. The number of amides is 1. The number of carbonyl (C=O) groups excluding carboxylic acids is 1. The molecule has 0 aromatic heterocycles. The van der Waals surface area contributed by atoms with Crippen LogP contribution in [0, 0.1) is 0 Å². The lowest BCUT2D eigenvalue weighted by Gasteiger charge is -2.13. The standard InChI is InChI=1S/C11H15NO4/c13-5-8-1-3-9(4-2-8)11(16)12-10(6-14)7-15/h1-4,10,13-15H,5-7H2,(H,12,16). The summed E-state index contributed by atoms with van der Waals surface area (Å²) in [6.45, 7) is -0.689. The molecule has 1 rings (SSSR count). The first-order valence-corrected chi connectivity index (χ1v) is 4.93. The summed E-state index contributed by atoms with van der Waals surface area (Å²) in [4.78, 5) is 11.6. The van der Waals surface area contributed by atoms with Crippen molar-refractivity contribution in [1.82, 2.24) is 5.32 Å². The molecule has 0 aliphatic rings. The van der Waals surface area contributed by atoms with Crippen LogP contribution in [0.1, 0.15) is 15.9 Å². The average molecular weight is 225 g/mol. The van der Waals surface area contributed by atoms with E-state index in [-0.39, 0.29) is 25.7 Å². The quantitative estimate of drug-likeness (QED) is 0.531. The molecule has 4 N–H and O–H groups in total. The Morgan fingerprint density at radius 3 is 2.12 bits per heavy atom. The highest BCUT2D eigenvalue weighted by molar-refractivity contribution is 5.94. The fourth-order valence-corrected chi connectivity index (χ4v) is 1.18. The Morgan fingerprint density at radius 2 is 1.69 bits per heavy atom. The van der Waals surface area contributed by atoms with Gasteiger partial charge in [0.25, 0.3) is 5.91 Å². The van der Waals surface area contributed by atoms with Gasteiger partial charge in [-0.2, -0.15) is 0 Å². The average Bonchev–Trinajstić information content (AvgIpc) is 2.35. The van der Waals surface area contributed by atoms with Gasteiger partial charge >= 0.3 is 0 Å². The van der Waals surface area contributed by atoms with Gasteiger partial charge in [0.2, 0.25) is 0 Å². The van der Waals surface area contributed by atoms with E-state index < -0.39 is 6.04 Å². The minimum absolute atomic E-state index is 0.0716. The van der Waals surface area contributed by atoms with E-state index in [1.54, 1.807) is 24.3 Å². The maximum atomic E-state index is 11.6. The van der Waals surface area contributed by atoms with E-state index in [4.69, 9.17) is 15.3 Å². The maximum absolute atomic E-state index is 11.6. The molecular weight excluding hydrogens is 210 g/mol. The molecule has 0 heterocycles. The lowest BCUT2D eigenvalue weighted by atomic mass is 10.1. The Kier molecular flexibility index (Phi) is 4.91. The van der Waals surface area contributed by atoms with E-state index in [0.717, 1.165) is 5.56 Å². The third-order valence-corrected chi connectivity index (χ3v) is 2.17. The summed E-state index contributed by atoms with van der Waals surface area (Å²) in [5.41, 5.74) is 1.14. The lowest BCUT2D eigenvalue weighted by molar-refractivity contribution is 0.0879. The van der Waals surface area contributed by atoms with Gasteiger partial charge in [0, 0.05) is 5.56 Å². The van der Waals surface area contributed by atoms with Crippen molar-refractivity contribution in [2.75, 3.05) is 13.2 Å². The number of hydrogen-bond acceptors (Lipinski definition) is 4. The van der Waals surface area contributed by atoms with Gasteiger partial charge in [-0.25, -0.2) is 0 Å². The Morgan fingerprint density at radius 1 is 1.12 bits per heavy atom. The van der Waals surface area contributed by atoms with Crippen LogP contribution in [0.3, 0.4) is 0 Å². The van der Waals surface area contributed by atoms with Crippen molar-refractivity contribution in [3.63, 3.8) is 0 Å². The summed E-state index contributed by atoms with van der Waals surface area (Å²) in [7, 11) is 0. The largest absolute Gasteiger partial charge is 0.394 e. The highest BCUT2D eigenvalue weighted by atomic mass is 16.3. The van der Waals surface area contributed by atoms with Crippen LogP contribution in [0.15, 0.2) is 24.3 Å².